The molecule has 0 saturated carbocycles. The number of hydrogen-bond acceptors (Lipinski definition) is 5. The molecule has 2 aliphatic rings. The first kappa shape index (κ1) is 26.2. The summed E-state index contributed by atoms with van der Waals surface area (Å²) in [7, 11) is 0. The summed E-state index contributed by atoms with van der Waals surface area (Å²) in [6.45, 7) is 11.4. The minimum absolute atomic E-state index is 0.0458. The van der Waals surface area contributed by atoms with E-state index >= 15 is 0 Å². The molecule has 0 N–H and O–H groups in total. The highest BCUT2D eigenvalue weighted by Gasteiger charge is 2.31. The average Bonchev–Trinajstić information content (AvgIpc) is 2.86. The normalized spacial score (nSPS) is 21.7. The second-order valence-corrected chi connectivity index (χ2v) is 11.9. The Balaban J connectivity index is 1.43. The third-order valence-electron chi connectivity index (χ3n) is 6.07. The molecule has 0 aliphatic carbocycles. The molecule has 0 amide bonds. The van der Waals surface area contributed by atoms with E-state index in [1.807, 2.05) is 23.9 Å². The number of ether oxygens (including phenoxy) is 4. The van der Waals surface area contributed by atoms with Gasteiger partial charge in [0.05, 0.1) is 26.4 Å². The Morgan fingerprint density at radius 2 is 1.00 bits per heavy atom. The zero-order valence-corrected chi connectivity index (χ0v) is 22.2. The molecule has 0 aromatic heterocycles. The fourth-order valence-electron chi connectivity index (χ4n) is 4.07. The summed E-state index contributed by atoms with van der Waals surface area (Å²) >= 11 is 1.85. The molecule has 0 atom stereocenters. The minimum Gasteiger partial charge on any atom is -0.348 e. The van der Waals surface area contributed by atoms with Crippen LogP contribution in [0.15, 0.2) is 72.8 Å². The zero-order valence-electron chi connectivity index (χ0n) is 21.4. The van der Waals surface area contributed by atoms with Crippen molar-refractivity contribution < 1.29 is 18.9 Å². The van der Waals surface area contributed by atoms with Crippen LogP contribution in [-0.4, -0.2) is 50.5 Å². The number of rotatable bonds is 8. The van der Waals surface area contributed by atoms with Gasteiger partial charge in [0, 0.05) is 33.5 Å². The van der Waals surface area contributed by atoms with Gasteiger partial charge in [-0.25, -0.2) is 0 Å². The van der Waals surface area contributed by atoms with Crippen molar-refractivity contribution in [3.8, 4) is 0 Å². The van der Waals surface area contributed by atoms with Gasteiger partial charge in [0.15, 0.2) is 12.6 Å². The molecule has 0 radical (unpaired) electrons. The van der Waals surface area contributed by atoms with E-state index in [1.165, 1.54) is 0 Å². The minimum atomic E-state index is -0.325. The molecule has 2 aliphatic heterocycles. The van der Waals surface area contributed by atoms with Crippen LogP contribution in [0.2, 0.25) is 0 Å². The Labute approximate surface area is 214 Å². The molecule has 4 rings (SSSR count). The molecule has 2 heterocycles. The van der Waals surface area contributed by atoms with Gasteiger partial charge in [-0.05, 0) is 11.1 Å². The summed E-state index contributed by atoms with van der Waals surface area (Å²) in [5.74, 6) is 1.71. The summed E-state index contributed by atoms with van der Waals surface area (Å²) < 4.78 is 24.5. The largest absolute Gasteiger partial charge is 0.348 e. The highest BCUT2D eigenvalue weighted by molar-refractivity contribution is 7.99. The van der Waals surface area contributed by atoms with Crippen LogP contribution in [0.5, 0.6) is 0 Å². The van der Waals surface area contributed by atoms with Gasteiger partial charge in [-0.2, -0.15) is 11.8 Å². The fraction of sp³-hybridized carbons (Fsp3) is 0.467. The first-order valence-electron chi connectivity index (χ1n) is 12.4. The monoisotopic (exact) mass is 494 g/mol. The average molecular weight is 495 g/mol. The van der Waals surface area contributed by atoms with Crippen LogP contribution in [0.3, 0.4) is 0 Å². The van der Waals surface area contributed by atoms with E-state index in [9.17, 15) is 0 Å². The third kappa shape index (κ3) is 7.55. The van der Waals surface area contributed by atoms with Gasteiger partial charge >= 0.3 is 0 Å². The number of hydrogen-bond donors (Lipinski definition) is 0. The van der Waals surface area contributed by atoms with Crippen LogP contribution in [0, 0.1) is 10.8 Å². The van der Waals surface area contributed by atoms with Gasteiger partial charge in [0.25, 0.3) is 0 Å². The third-order valence-corrected chi connectivity index (χ3v) is 6.87. The Morgan fingerprint density at radius 1 is 0.657 bits per heavy atom. The van der Waals surface area contributed by atoms with Gasteiger partial charge in [-0.3, -0.25) is 0 Å². The van der Waals surface area contributed by atoms with E-state index in [0.29, 0.717) is 26.4 Å². The summed E-state index contributed by atoms with van der Waals surface area (Å²) in [4.78, 5) is 0. The molecule has 2 fully saturated rings. The molecule has 0 bridgehead atoms. The highest BCUT2D eigenvalue weighted by Crippen LogP contribution is 2.32. The van der Waals surface area contributed by atoms with Gasteiger partial charge in [0.1, 0.15) is 0 Å². The topological polar surface area (TPSA) is 36.9 Å². The second kappa shape index (κ2) is 11.9. The first-order valence-corrected chi connectivity index (χ1v) is 13.5. The van der Waals surface area contributed by atoms with Crippen LogP contribution < -0.4 is 0 Å². The molecule has 4 nitrogen and oxygen atoms in total. The summed E-state index contributed by atoms with van der Waals surface area (Å²) in [6.07, 6.45) is 3.84. The highest BCUT2D eigenvalue weighted by atomic mass is 32.2. The van der Waals surface area contributed by atoms with Gasteiger partial charge in [0.2, 0.25) is 0 Å². The van der Waals surface area contributed by atoms with Crippen molar-refractivity contribution in [3.05, 3.63) is 83.9 Å². The number of benzene rings is 2. The van der Waals surface area contributed by atoms with Gasteiger partial charge in [-0.1, -0.05) is 101 Å². The first-order chi connectivity index (χ1) is 16.8. The van der Waals surface area contributed by atoms with Crippen LogP contribution in [-0.2, 0) is 18.9 Å². The van der Waals surface area contributed by atoms with Crippen LogP contribution in [0.25, 0.3) is 11.1 Å². The molecular weight excluding hydrogens is 456 g/mol. The Bertz CT molecular complexity index is 896. The predicted molar refractivity (Wildman–Crippen MR) is 145 cm³/mol. The van der Waals surface area contributed by atoms with Crippen LogP contribution >= 0.6 is 11.8 Å². The Hall–Kier alpha value is -1.89. The lowest BCUT2D eigenvalue weighted by atomic mass is 9.95. The van der Waals surface area contributed by atoms with E-state index in [0.717, 1.165) is 33.8 Å². The maximum absolute atomic E-state index is 6.11. The molecular formula is C30H38O4S. The van der Waals surface area contributed by atoms with Crippen molar-refractivity contribution in [2.24, 2.45) is 10.8 Å². The standard InChI is InChI=1S/C30H38O4S/c1-29(2)19-31-27(32-20-29)25(23-11-7-5-8-12-23)15-17-35-18-16-26(24-13-9-6-10-14-24)28-33-21-30(3,4)22-34-28/h5-16,27-28H,17-22H2,1-4H3. The molecule has 2 aromatic carbocycles. The lowest BCUT2D eigenvalue weighted by molar-refractivity contribution is -0.192. The van der Waals surface area contributed by atoms with E-state index in [1.54, 1.807) is 0 Å². The molecule has 0 unspecified atom stereocenters. The quantitative estimate of drug-likeness (QED) is 0.382. The second-order valence-electron chi connectivity index (χ2n) is 10.8. The zero-order chi connectivity index (χ0) is 24.7. The van der Waals surface area contributed by atoms with Crippen molar-refractivity contribution in [2.75, 3.05) is 37.9 Å². The van der Waals surface area contributed by atoms with Crippen molar-refractivity contribution >= 4 is 22.9 Å². The van der Waals surface area contributed by atoms with Crippen LogP contribution in [0.4, 0.5) is 0 Å². The predicted octanol–water partition coefficient (Wildman–Crippen LogP) is 6.69. The lowest BCUT2D eigenvalue weighted by Gasteiger charge is -2.35. The van der Waals surface area contributed by atoms with E-state index in [4.69, 9.17) is 18.9 Å². The van der Waals surface area contributed by atoms with Crippen molar-refractivity contribution in [1.82, 2.24) is 0 Å². The van der Waals surface area contributed by atoms with Crippen LogP contribution in [0.1, 0.15) is 38.8 Å². The Morgan fingerprint density at radius 3 is 1.34 bits per heavy atom. The van der Waals surface area contributed by atoms with Crippen molar-refractivity contribution in [1.29, 1.82) is 0 Å². The summed E-state index contributed by atoms with van der Waals surface area (Å²) in [6, 6.07) is 20.8. The Kier molecular flexibility index (Phi) is 8.90. The molecule has 188 valence electrons. The molecule has 2 aromatic rings. The molecule has 5 heteroatoms. The molecule has 35 heavy (non-hydrogen) atoms. The molecule has 0 spiro atoms. The number of thioether (sulfide) groups is 1. The van der Waals surface area contributed by atoms with E-state index in [-0.39, 0.29) is 23.4 Å². The van der Waals surface area contributed by atoms with E-state index in [2.05, 4.69) is 88.4 Å². The maximum Gasteiger partial charge on any atom is 0.184 e. The van der Waals surface area contributed by atoms with Gasteiger partial charge in [-0.15, -0.1) is 0 Å². The SMILES string of the molecule is CC1(C)COC(C(=CCSCC=C(c2ccccc2)C2OCC(C)(C)CO2)c2ccccc2)OC1. The van der Waals surface area contributed by atoms with E-state index < -0.39 is 0 Å². The smallest absolute Gasteiger partial charge is 0.184 e. The van der Waals surface area contributed by atoms with Crippen molar-refractivity contribution in [2.45, 2.75) is 40.3 Å². The summed E-state index contributed by atoms with van der Waals surface area (Å²) in [5.41, 5.74) is 4.58. The molecule has 2 saturated heterocycles. The van der Waals surface area contributed by atoms with Crippen molar-refractivity contribution in [3.63, 3.8) is 0 Å². The van der Waals surface area contributed by atoms with Gasteiger partial charge < -0.3 is 18.9 Å². The fourth-order valence-corrected chi connectivity index (χ4v) is 4.80. The summed E-state index contributed by atoms with van der Waals surface area (Å²) in [5, 5.41) is 0. The lowest BCUT2D eigenvalue weighted by Crippen LogP contribution is -2.38. The maximum atomic E-state index is 6.11.